The minimum Gasteiger partial charge on any atom is -0.326 e. The molecule has 1 aromatic rings. The first-order valence-electron chi connectivity index (χ1n) is 4.98. The van der Waals surface area contributed by atoms with Crippen molar-refractivity contribution in [2.75, 3.05) is 18.6 Å². The fourth-order valence-corrected chi connectivity index (χ4v) is 5.25. The van der Waals surface area contributed by atoms with E-state index in [1.165, 1.54) is 11.3 Å². The third-order valence-electron chi connectivity index (χ3n) is 2.01. The minimum atomic E-state index is -3.41. The smallest absolute Gasteiger partial charge is 0.242 e. The standard InChI is InChI=1S/C9H15BrN2O2S3/c1-15-4-2-3-12-17(13,14)8-5-7(6-11)16-9(8)10/h5,12H,2-4,6,11H2,1H3. The van der Waals surface area contributed by atoms with Gasteiger partial charge in [0.1, 0.15) is 4.90 Å². The van der Waals surface area contributed by atoms with Gasteiger partial charge in [-0.15, -0.1) is 11.3 Å². The van der Waals surface area contributed by atoms with Crippen molar-refractivity contribution in [2.24, 2.45) is 5.73 Å². The molecule has 1 heterocycles. The topological polar surface area (TPSA) is 72.2 Å². The van der Waals surface area contributed by atoms with Crippen LogP contribution in [0.1, 0.15) is 11.3 Å². The van der Waals surface area contributed by atoms with Gasteiger partial charge in [-0.3, -0.25) is 0 Å². The van der Waals surface area contributed by atoms with E-state index in [1.54, 1.807) is 17.8 Å². The lowest BCUT2D eigenvalue weighted by Crippen LogP contribution is -2.25. The van der Waals surface area contributed by atoms with E-state index in [0.717, 1.165) is 17.1 Å². The first kappa shape index (κ1) is 15.5. The second-order valence-electron chi connectivity index (χ2n) is 3.30. The lowest BCUT2D eigenvalue weighted by molar-refractivity contribution is 0.581. The molecular weight excluding hydrogens is 344 g/mol. The zero-order valence-corrected chi connectivity index (χ0v) is 13.4. The van der Waals surface area contributed by atoms with Crippen LogP contribution in [0.5, 0.6) is 0 Å². The summed E-state index contributed by atoms with van der Waals surface area (Å²) < 4.78 is 27.1. The first-order valence-corrected chi connectivity index (χ1v) is 9.46. The highest BCUT2D eigenvalue weighted by Gasteiger charge is 2.19. The summed E-state index contributed by atoms with van der Waals surface area (Å²) in [5.74, 6) is 0.946. The van der Waals surface area contributed by atoms with Crippen molar-refractivity contribution in [2.45, 2.75) is 17.9 Å². The van der Waals surface area contributed by atoms with Gasteiger partial charge in [-0.05, 0) is 40.4 Å². The monoisotopic (exact) mass is 358 g/mol. The zero-order valence-electron chi connectivity index (χ0n) is 9.40. The molecule has 0 aliphatic carbocycles. The number of sulfonamides is 1. The van der Waals surface area contributed by atoms with E-state index in [4.69, 9.17) is 5.73 Å². The highest BCUT2D eigenvalue weighted by Crippen LogP contribution is 2.31. The number of hydrogen-bond donors (Lipinski definition) is 2. The quantitative estimate of drug-likeness (QED) is 0.731. The van der Waals surface area contributed by atoms with Crippen molar-refractivity contribution < 1.29 is 8.42 Å². The fraction of sp³-hybridized carbons (Fsp3) is 0.556. The van der Waals surface area contributed by atoms with Crippen LogP contribution in [0, 0.1) is 0 Å². The van der Waals surface area contributed by atoms with Crippen LogP contribution in [0.2, 0.25) is 0 Å². The Bertz CT molecular complexity index is 459. The molecule has 0 aliphatic rings. The summed E-state index contributed by atoms with van der Waals surface area (Å²) in [6.45, 7) is 0.814. The molecule has 98 valence electrons. The van der Waals surface area contributed by atoms with Crippen molar-refractivity contribution in [3.63, 3.8) is 0 Å². The van der Waals surface area contributed by atoms with Gasteiger partial charge in [-0.1, -0.05) is 0 Å². The van der Waals surface area contributed by atoms with Crippen LogP contribution in [0.3, 0.4) is 0 Å². The van der Waals surface area contributed by atoms with Crippen molar-refractivity contribution in [3.8, 4) is 0 Å². The molecule has 1 aromatic heterocycles. The maximum atomic E-state index is 12.0. The van der Waals surface area contributed by atoms with Gasteiger partial charge in [0, 0.05) is 18.0 Å². The Kier molecular flexibility index (Phi) is 6.46. The maximum absolute atomic E-state index is 12.0. The molecular formula is C9H15BrN2O2S3. The van der Waals surface area contributed by atoms with Gasteiger partial charge in [0.2, 0.25) is 10.0 Å². The first-order chi connectivity index (χ1) is 8.01. The molecule has 8 heteroatoms. The summed E-state index contributed by atoms with van der Waals surface area (Å²) in [5.41, 5.74) is 5.49. The highest BCUT2D eigenvalue weighted by molar-refractivity contribution is 9.11. The Morgan fingerprint density at radius 2 is 2.29 bits per heavy atom. The van der Waals surface area contributed by atoms with Crippen molar-refractivity contribution in [1.82, 2.24) is 4.72 Å². The van der Waals surface area contributed by atoms with Crippen LogP contribution in [0.25, 0.3) is 0 Å². The third-order valence-corrected chi connectivity index (χ3v) is 6.45. The van der Waals surface area contributed by atoms with Crippen LogP contribution >= 0.6 is 39.0 Å². The van der Waals surface area contributed by atoms with E-state index in [0.29, 0.717) is 16.9 Å². The number of nitrogens with one attached hydrogen (secondary N) is 1. The molecule has 1 rings (SSSR count). The number of thioether (sulfide) groups is 1. The average molecular weight is 359 g/mol. The minimum absolute atomic E-state index is 0.284. The molecule has 0 bridgehead atoms. The number of halogens is 1. The molecule has 0 radical (unpaired) electrons. The fourth-order valence-electron chi connectivity index (χ4n) is 1.18. The van der Waals surface area contributed by atoms with Crippen molar-refractivity contribution >= 4 is 49.1 Å². The number of rotatable bonds is 7. The maximum Gasteiger partial charge on any atom is 0.242 e. The Labute approximate surface area is 119 Å². The summed E-state index contributed by atoms with van der Waals surface area (Å²) in [4.78, 5) is 1.13. The Hall–Kier alpha value is 0.400. The summed E-state index contributed by atoms with van der Waals surface area (Å²) in [7, 11) is -3.41. The summed E-state index contributed by atoms with van der Waals surface area (Å²) in [6.07, 6.45) is 2.82. The number of thiophene rings is 1. The van der Waals surface area contributed by atoms with Crippen LogP contribution in [0.15, 0.2) is 14.7 Å². The van der Waals surface area contributed by atoms with E-state index >= 15 is 0 Å². The molecule has 0 aromatic carbocycles. The summed E-state index contributed by atoms with van der Waals surface area (Å²) in [6, 6.07) is 1.62. The van der Waals surface area contributed by atoms with E-state index in [2.05, 4.69) is 20.7 Å². The predicted molar refractivity (Wildman–Crippen MR) is 78.1 cm³/mol. The molecule has 0 saturated carbocycles. The van der Waals surface area contributed by atoms with E-state index in [9.17, 15) is 8.42 Å². The number of nitrogens with two attached hydrogens (primary N) is 1. The molecule has 0 aliphatic heterocycles. The lowest BCUT2D eigenvalue weighted by Gasteiger charge is -2.04. The van der Waals surface area contributed by atoms with Crippen LogP contribution in [-0.2, 0) is 16.6 Å². The molecule has 17 heavy (non-hydrogen) atoms. The van der Waals surface area contributed by atoms with Crippen molar-refractivity contribution in [3.05, 3.63) is 14.7 Å². The van der Waals surface area contributed by atoms with Crippen LogP contribution < -0.4 is 10.5 Å². The normalized spacial score (nSPS) is 11.9. The van der Waals surface area contributed by atoms with Gasteiger partial charge in [-0.2, -0.15) is 11.8 Å². The third kappa shape index (κ3) is 4.53. The summed E-state index contributed by atoms with van der Waals surface area (Å²) >= 11 is 6.31. The predicted octanol–water partition coefficient (Wildman–Crippen LogP) is 2.00. The van der Waals surface area contributed by atoms with Gasteiger partial charge >= 0.3 is 0 Å². The lowest BCUT2D eigenvalue weighted by atomic mass is 10.5. The Balaban J connectivity index is 2.72. The molecule has 0 unspecified atom stereocenters. The zero-order chi connectivity index (χ0) is 12.9. The molecule has 4 nitrogen and oxygen atoms in total. The molecule has 0 fully saturated rings. The van der Waals surface area contributed by atoms with Gasteiger partial charge in [0.25, 0.3) is 0 Å². The Morgan fingerprint density at radius 1 is 1.59 bits per heavy atom. The Morgan fingerprint density at radius 3 is 2.82 bits per heavy atom. The van der Waals surface area contributed by atoms with E-state index in [-0.39, 0.29) is 4.90 Å². The molecule has 0 atom stereocenters. The van der Waals surface area contributed by atoms with Gasteiger partial charge in [-0.25, -0.2) is 13.1 Å². The van der Waals surface area contributed by atoms with Crippen LogP contribution in [-0.4, -0.2) is 27.0 Å². The second kappa shape index (κ2) is 7.10. The van der Waals surface area contributed by atoms with Gasteiger partial charge in [0.05, 0.1) is 3.79 Å². The summed E-state index contributed by atoms with van der Waals surface area (Å²) in [5, 5.41) is 0. The van der Waals surface area contributed by atoms with Crippen LogP contribution in [0.4, 0.5) is 0 Å². The van der Waals surface area contributed by atoms with Gasteiger partial charge < -0.3 is 5.73 Å². The van der Waals surface area contributed by atoms with Crippen molar-refractivity contribution in [1.29, 1.82) is 0 Å². The molecule has 3 N–H and O–H groups in total. The molecule has 0 spiro atoms. The number of hydrogen-bond acceptors (Lipinski definition) is 5. The average Bonchev–Trinajstić information content (AvgIpc) is 2.67. The van der Waals surface area contributed by atoms with E-state index < -0.39 is 10.0 Å². The largest absolute Gasteiger partial charge is 0.326 e. The molecule has 0 saturated heterocycles. The highest BCUT2D eigenvalue weighted by atomic mass is 79.9. The van der Waals surface area contributed by atoms with Gasteiger partial charge in [0.15, 0.2) is 0 Å². The second-order valence-corrected chi connectivity index (χ2v) is 8.47. The SMILES string of the molecule is CSCCCNS(=O)(=O)c1cc(CN)sc1Br. The van der Waals surface area contributed by atoms with E-state index in [1.807, 2.05) is 6.26 Å². The molecule has 0 amide bonds.